The normalized spacial score (nSPS) is 10.1. The quantitative estimate of drug-likeness (QED) is 0.631. The third kappa shape index (κ3) is 4.35. The van der Waals surface area contributed by atoms with Crippen molar-refractivity contribution in [3.8, 4) is 17.4 Å². The average Bonchev–Trinajstić information content (AvgIpc) is 2.68. The molecule has 3 rings (SSSR count). The minimum atomic E-state index is -0.491. The SMILES string of the molecule is COc1ccc(COC(=O)c2cccnc2Oc2ccccc2)cc1. The molecule has 0 saturated carbocycles. The first kappa shape index (κ1) is 16.5. The van der Waals surface area contributed by atoms with Crippen molar-refractivity contribution in [3.05, 3.63) is 84.1 Å². The van der Waals surface area contributed by atoms with Crippen molar-refractivity contribution in [2.24, 2.45) is 0 Å². The van der Waals surface area contributed by atoms with E-state index in [2.05, 4.69) is 4.98 Å². The first-order valence-corrected chi connectivity index (χ1v) is 7.74. The van der Waals surface area contributed by atoms with Crippen LogP contribution in [0.25, 0.3) is 0 Å². The third-order valence-electron chi connectivity index (χ3n) is 3.48. The number of carbonyl (C=O) groups excluding carboxylic acids is 1. The van der Waals surface area contributed by atoms with E-state index >= 15 is 0 Å². The second kappa shape index (κ2) is 7.97. The molecule has 0 amide bonds. The standard InChI is InChI=1S/C20H17NO4/c1-23-16-11-9-15(10-12-16)14-24-20(22)18-8-5-13-21-19(18)25-17-6-3-2-4-7-17/h2-13H,14H2,1H3. The van der Waals surface area contributed by atoms with Gasteiger partial charge >= 0.3 is 5.97 Å². The number of rotatable bonds is 6. The molecule has 1 heterocycles. The summed E-state index contributed by atoms with van der Waals surface area (Å²) < 4.78 is 16.2. The maximum Gasteiger partial charge on any atom is 0.344 e. The molecule has 0 spiro atoms. The van der Waals surface area contributed by atoms with Gasteiger partial charge in [0.05, 0.1) is 7.11 Å². The van der Waals surface area contributed by atoms with E-state index < -0.39 is 5.97 Å². The second-order valence-corrected chi connectivity index (χ2v) is 5.20. The van der Waals surface area contributed by atoms with Crippen LogP contribution >= 0.6 is 0 Å². The topological polar surface area (TPSA) is 57.7 Å². The summed E-state index contributed by atoms with van der Waals surface area (Å²) in [6.07, 6.45) is 1.57. The lowest BCUT2D eigenvalue weighted by atomic mass is 10.2. The number of esters is 1. The van der Waals surface area contributed by atoms with E-state index in [9.17, 15) is 4.79 Å². The van der Waals surface area contributed by atoms with Gasteiger partial charge in [-0.1, -0.05) is 30.3 Å². The molecule has 2 aromatic carbocycles. The summed E-state index contributed by atoms with van der Waals surface area (Å²) in [5.74, 6) is 1.08. The first-order valence-electron chi connectivity index (χ1n) is 7.74. The summed E-state index contributed by atoms with van der Waals surface area (Å²) in [5, 5.41) is 0. The van der Waals surface area contributed by atoms with Crippen molar-refractivity contribution in [3.63, 3.8) is 0 Å². The predicted molar refractivity (Wildman–Crippen MR) is 92.9 cm³/mol. The highest BCUT2D eigenvalue weighted by Gasteiger charge is 2.16. The highest BCUT2D eigenvalue weighted by molar-refractivity contribution is 5.91. The largest absolute Gasteiger partial charge is 0.497 e. The van der Waals surface area contributed by atoms with Crippen LogP contribution in [0.2, 0.25) is 0 Å². The van der Waals surface area contributed by atoms with Crippen LogP contribution in [-0.4, -0.2) is 18.1 Å². The summed E-state index contributed by atoms with van der Waals surface area (Å²) in [7, 11) is 1.60. The predicted octanol–water partition coefficient (Wildman–Crippen LogP) is 4.24. The fraction of sp³-hybridized carbons (Fsp3) is 0.100. The molecule has 3 aromatic rings. The Morgan fingerprint density at radius 2 is 1.68 bits per heavy atom. The minimum Gasteiger partial charge on any atom is -0.497 e. The van der Waals surface area contributed by atoms with E-state index in [1.165, 1.54) is 0 Å². The molecule has 0 atom stereocenters. The Bertz CT molecular complexity index is 832. The van der Waals surface area contributed by atoms with Gasteiger partial charge in [0, 0.05) is 6.20 Å². The van der Waals surface area contributed by atoms with E-state index in [4.69, 9.17) is 14.2 Å². The summed E-state index contributed by atoms with van der Waals surface area (Å²) in [6.45, 7) is 0.155. The summed E-state index contributed by atoms with van der Waals surface area (Å²) in [5.41, 5.74) is 1.14. The zero-order valence-corrected chi connectivity index (χ0v) is 13.7. The van der Waals surface area contributed by atoms with Crippen molar-refractivity contribution in [2.45, 2.75) is 6.61 Å². The van der Waals surface area contributed by atoms with Crippen LogP contribution in [0.5, 0.6) is 17.4 Å². The number of hydrogen-bond donors (Lipinski definition) is 0. The van der Waals surface area contributed by atoms with Gasteiger partial charge < -0.3 is 14.2 Å². The van der Waals surface area contributed by atoms with Crippen molar-refractivity contribution in [1.82, 2.24) is 4.98 Å². The summed E-state index contributed by atoms with van der Waals surface area (Å²) in [4.78, 5) is 16.5. The van der Waals surface area contributed by atoms with Gasteiger partial charge in [-0.05, 0) is 42.0 Å². The number of methoxy groups -OCH3 is 1. The number of ether oxygens (including phenoxy) is 3. The number of carbonyl (C=O) groups is 1. The number of benzene rings is 2. The van der Waals surface area contributed by atoms with E-state index in [0.29, 0.717) is 5.75 Å². The van der Waals surface area contributed by atoms with Crippen LogP contribution in [0, 0.1) is 0 Å². The van der Waals surface area contributed by atoms with Gasteiger partial charge in [0.1, 0.15) is 23.7 Å². The lowest BCUT2D eigenvalue weighted by molar-refractivity contribution is 0.0469. The second-order valence-electron chi connectivity index (χ2n) is 5.20. The zero-order chi connectivity index (χ0) is 17.5. The van der Waals surface area contributed by atoms with E-state index in [1.54, 1.807) is 37.6 Å². The highest BCUT2D eigenvalue weighted by Crippen LogP contribution is 2.23. The molecule has 0 N–H and O–H groups in total. The van der Waals surface area contributed by atoms with Gasteiger partial charge in [-0.2, -0.15) is 0 Å². The molecule has 1 aromatic heterocycles. The number of hydrogen-bond acceptors (Lipinski definition) is 5. The fourth-order valence-corrected chi connectivity index (χ4v) is 2.18. The maximum absolute atomic E-state index is 12.4. The van der Waals surface area contributed by atoms with Gasteiger partial charge in [0.2, 0.25) is 5.88 Å². The van der Waals surface area contributed by atoms with Gasteiger partial charge in [-0.15, -0.1) is 0 Å². The molecule has 0 saturated heterocycles. The Morgan fingerprint density at radius 1 is 0.920 bits per heavy atom. The molecule has 5 heteroatoms. The van der Waals surface area contributed by atoms with Gasteiger partial charge in [0.15, 0.2) is 0 Å². The van der Waals surface area contributed by atoms with Crippen LogP contribution in [0.4, 0.5) is 0 Å². The van der Waals surface area contributed by atoms with Crippen molar-refractivity contribution in [2.75, 3.05) is 7.11 Å². The Labute approximate surface area is 145 Å². The molecule has 0 aliphatic rings. The Balaban J connectivity index is 1.69. The zero-order valence-electron chi connectivity index (χ0n) is 13.7. The van der Waals surface area contributed by atoms with Crippen LogP contribution in [0.15, 0.2) is 72.9 Å². The van der Waals surface area contributed by atoms with Gasteiger partial charge in [-0.3, -0.25) is 0 Å². The van der Waals surface area contributed by atoms with Gasteiger partial charge in [-0.25, -0.2) is 9.78 Å². The number of para-hydroxylation sites is 1. The molecule has 0 fully saturated rings. The monoisotopic (exact) mass is 335 g/mol. The Hall–Kier alpha value is -3.34. The molecular weight excluding hydrogens is 318 g/mol. The van der Waals surface area contributed by atoms with Crippen LogP contribution in [0.1, 0.15) is 15.9 Å². The Kier molecular flexibility index (Phi) is 5.26. The number of aromatic nitrogens is 1. The molecule has 0 radical (unpaired) electrons. The maximum atomic E-state index is 12.4. The highest BCUT2D eigenvalue weighted by atomic mass is 16.5. The minimum absolute atomic E-state index is 0.155. The molecule has 5 nitrogen and oxygen atoms in total. The smallest absolute Gasteiger partial charge is 0.344 e. The summed E-state index contributed by atoms with van der Waals surface area (Å²) in [6, 6.07) is 19.8. The van der Waals surface area contributed by atoms with E-state index in [0.717, 1.165) is 11.3 Å². The van der Waals surface area contributed by atoms with Crippen LogP contribution < -0.4 is 9.47 Å². The molecule has 25 heavy (non-hydrogen) atoms. The van der Waals surface area contributed by atoms with Crippen molar-refractivity contribution in [1.29, 1.82) is 0 Å². The van der Waals surface area contributed by atoms with Crippen molar-refractivity contribution < 1.29 is 19.0 Å². The molecule has 0 aliphatic carbocycles. The lowest BCUT2D eigenvalue weighted by Gasteiger charge is -2.10. The third-order valence-corrected chi connectivity index (χ3v) is 3.48. The first-order chi connectivity index (χ1) is 12.3. The van der Waals surface area contributed by atoms with Crippen LogP contribution in [-0.2, 0) is 11.3 Å². The molecular formula is C20H17NO4. The molecule has 0 bridgehead atoms. The van der Waals surface area contributed by atoms with Crippen LogP contribution in [0.3, 0.4) is 0 Å². The lowest BCUT2D eigenvalue weighted by Crippen LogP contribution is -2.08. The molecule has 0 aliphatic heterocycles. The number of pyridine rings is 1. The Morgan fingerprint density at radius 3 is 2.40 bits per heavy atom. The van der Waals surface area contributed by atoms with Crippen molar-refractivity contribution >= 4 is 5.97 Å². The fourth-order valence-electron chi connectivity index (χ4n) is 2.18. The summed E-state index contributed by atoms with van der Waals surface area (Å²) >= 11 is 0. The van der Waals surface area contributed by atoms with Gasteiger partial charge in [0.25, 0.3) is 0 Å². The molecule has 126 valence electrons. The van der Waals surface area contributed by atoms with E-state index in [1.807, 2.05) is 42.5 Å². The number of nitrogens with zero attached hydrogens (tertiary/aromatic N) is 1. The molecule has 0 unspecified atom stereocenters. The van der Waals surface area contributed by atoms with E-state index in [-0.39, 0.29) is 18.1 Å². The average molecular weight is 335 g/mol.